The molecule has 2 amide bonds. The first-order chi connectivity index (χ1) is 15.0. The van der Waals surface area contributed by atoms with Gasteiger partial charge in [-0.3, -0.25) is 4.79 Å². The van der Waals surface area contributed by atoms with Crippen molar-refractivity contribution >= 4 is 28.3 Å². The number of carbonyl (C=O) groups is 2. The number of nitrogens with one attached hydrogen (secondary N) is 1. The summed E-state index contributed by atoms with van der Waals surface area (Å²) in [6, 6.07) is 2.32. The van der Waals surface area contributed by atoms with Gasteiger partial charge in [0.2, 0.25) is 5.91 Å². The van der Waals surface area contributed by atoms with Gasteiger partial charge in [-0.2, -0.15) is 5.26 Å². The van der Waals surface area contributed by atoms with Gasteiger partial charge in [-0.05, 0) is 50.1 Å². The first-order valence-electron chi connectivity index (χ1n) is 11.5. The summed E-state index contributed by atoms with van der Waals surface area (Å²) >= 11 is 1.58. The van der Waals surface area contributed by atoms with E-state index in [9.17, 15) is 14.9 Å². The van der Waals surface area contributed by atoms with Crippen molar-refractivity contribution in [3.05, 3.63) is 16.0 Å². The number of rotatable bonds is 6. The molecule has 7 nitrogen and oxygen atoms in total. The number of anilines is 1. The van der Waals surface area contributed by atoms with Gasteiger partial charge in [0.25, 0.3) is 0 Å². The van der Waals surface area contributed by atoms with Gasteiger partial charge in [-0.15, -0.1) is 11.3 Å². The van der Waals surface area contributed by atoms with E-state index in [1.54, 1.807) is 16.2 Å². The largest absolute Gasteiger partial charge is 0.449 e. The van der Waals surface area contributed by atoms with Crippen LogP contribution in [0, 0.1) is 17.2 Å². The molecular formula is C23H34N4O3S. The van der Waals surface area contributed by atoms with Crippen LogP contribution in [0.5, 0.6) is 0 Å². The molecule has 2 aliphatic rings. The molecule has 1 fully saturated rings. The quantitative estimate of drug-likeness (QED) is 0.667. The smallest absolute Gasteiger partial charge is 0.409 e. The number of hydrogen-bond acceptors (Lipinski definition) is 6. The molecule has 1 aromatic heterocycles. The third-order valence-electron chi connectivity index (χ3n) is 5.83. The Kier molecular flexibility index (Phi) is 8.73. The molecule has 2 heterocycles. The minimum absolute atomic E-state index is 0.0506. The molecule has 0 unspecified atom stereocenters. The predicted octanol–water partition coefficient (Wildman–Crippen LogP) is 4.02. The fourth-order valence-corrected chi connectivity index (χ4v) is 5.36. The minimum Gasteiger partial charge on any atom is -0.449 e. The van der Waals surface area contributed by atoms with E-state index in [0.717, 1.165) is 50.8 Å². The van der Waals surface area contributed by atoms with Crippen molar-refractivity contribution in [2.75, 3.05) is 44.6 Å². The van der Waals surface area contributed by atoms with Crippen LogP contribution in [0.25, 0.3) is 0 Å². The molecule has 1 N–H and O–H groups in total. The van der Waals surface area contributed by atoms with Gasteiger partial charge >= 0.3 is 6.09 Å². The highest BCUT2D eigenvalue weighted by Crippen LogP contribution is 2.37. The Morgan fingerprint density at radius 2 is 1.94 bits per heavy atom. The van der Waals surface area contributed by atoms with Gasteiger partial charge in [-0.1, -0.05) is 20.3 Å². The monoisotopic (exact) mass is 446 g/mol. The zero-order chi connectivity index (χ0) is 22.2. The molecule has 0 bridgehead atoms. The summed E-state index contributed by atoms with van der Waals surface area (Å²) in [6.45, 7) is 8.03. The van der Waals surface area contributed by atoms with Gasteiger partial charge in [-0.25, -0.2) is 4.79 Å². The summed E-state index contributed by atoms with van der Waals surface area (Å²) in [5, 5.41) is 13.3. The van der Waals surface area contributed by atoms with E-state index in [4.69, 9.17) is 4.74 Å². The van der Waals surface area contributed by atoms with Crippen LogP contribution in [0.2, 0.25) is 0 Å². The van der Waals surface area contributed by atoms with E-state index in [-0.39, 0.29) is 12.0 Å². The summed E-state index contributed by atoms with van der Waals surface area (Å²) in [7, 11) is 0. The third-order valence-corrected chi connectivity index (χ3v) is 7.04. The van der Waals surface area contributed by atoms with Crippen molar-refractivity contribution in [2.45, 2.75) is 58.8 Å². The number of hydrogen-bond donors (Lipinski definition) is 1. The number of carbonyl (C=O) groups excluding carboxylic acids is 2. The first-order valence-corrected chi connectivity index (χ1v) is 12.3. The first kappa shape index (κ1) is 23.6. The number of fused-ring (bicyclic) bond motifs is 1. The maximum Gasteiger partial charge on any atom is 0.409 e. The molecule has 3 rings (SSSR count). The number of amides is 2. The summed E-state index contributed by atoms with van der Waals surface area (Å²) in [5.74, 6) is 0.274. The lowest BCUT2D eigenvalue weighted by Gasteiger charge is -2.22. The molecule has 0 atom stereocenters. The van der Waals surface area contributed by atoms with Gasteiger partial charge in [0, 0.05) is 37.5 Å². The van der Waals surface area contributed by atoms with E-state index >= 15 is 0 Å². The molecule has 0 spiro atoms. The Morgan fingerprint density at radius 1 is 1.13 bits per heavy atom. The molecular weight excluding hydrogens is 412 g/mol. The Balaban J connectivity index is 1.47. The van der Waals surface area contributed by atoms with Crippen molar-refractivity contribution in [1.82, 2.24) is 9.80 Å². The van der Waals surface area contributed by atoms with Crippen molar-refractivity contribution in [2.24, 2.45) is 5.92 Å². The Morgan fingerprint density at radius 3 is 2.71 bits per heavy atom. The highest BCUT2D eigenvalue weighted by molar-refractivity contribution is 7.16. The number of aryl methyl sites for hydroxylation is 1. The molecule has 1 aliphatic carbocycles. The van der Waals surface area contributed by atoms with Crippen molar-refractivity contribution in [3.8, 4) is 6.07 Å². The molecule has 1 aliphatic heterocycles. The van der Waals surface area contributed by atoms with E-state index < -0.39 is 0 Å². The molecule has 0 aromatic carbocycles. The van der Waals surface area contributed by atoms with Crippen LogP contribution in [0.15, 0.2) is 0 Å². The van der Waals surface area contributed by atoms with E-state index in [1.165, 1.54) is 11.3 Å². The van der Waals surface area contributed by atoms with Crippen LogP contribution in [0.1, 0.15) is 62.0 Å². The lowest BCUT2D eigenvalue weighted by Crippen LogP contribution is -2.36. The highest BCUT2D eigenvalue weighted by Gasteiger charge is 2.23. The number of ether oxygens (including phenoxy) is 1. The second kappa shape index (κ2) is 11.5. The standard InChI is InChI=1S/C23H34N4O3S/c1-17(2)16-30-23(29)27-11-6-10-26(13-14-27)12-9-21(28)25-22-19(15-24)18-7-4-3-5-8-20(18)31-22/h17H,3-14,16H2,1-2H3,(H,25,28). The number of thiophene rings is 1. The Bertz CT molecular complexity index is 814. The maximum atomic E-state index is 12.6. The molecule has 1 saturated heterocycles. The van der Waals surface area contributed by atoms with Crippen molar-refractivity contribution < 1.29 is 14.3 Å². The fourth-order valence-electron chi connectivity index (χ4n) is 4.10. The summed E-state index contributed by atoms with van der Waals surface area (Å²) in [6.07, 6.45) is 6.43. The van der Waals surface area contributed by atoms with Crippen LogP contribution in [-0.2, 0) is 22.4 Å². The molecule has 1 aromatic rings. The van der Waals surface area contributed by atoms with Gasteiger partial charge in [0.15, 0.2) is 0 Å². The van der Waals surface area contributed by atoms with Crippen LogP contribution in [0.3, 0.4) is 0 Å². The average Bonchev–Trinajstić information content (AvgIpc) is 2.94. The number of nitriles is 1. The predicted molar refractivity (Wildman–Crippen MR) is 122 cm³/mol. The molecule has 0 saturated carbocycles. The minimum atomic E-state index is -0.241. The Hall–Kier alpha value is -2.11. The SMILES string of the molecule is CC(C)COC(=O)N1CCCN(CCC(=O)Nc2sc3c(c2C#N)CCCCC3)CC1. The lowest BCUT2D eigenvalue weighted by molar-refractivity contribution is -0.116. The lowest BCUT2D eigenvalue weighted by atomic mass is 10.1. The van der Waals surface area contributed by atoms with E-state index in [1.807, 2.05) is 13.8 Å². The third kappa shape index (κ3) is 6.68. The summed E-state index contributed by atoms with van der Waals surface area (Å²) in [4.78, 5) is 30.0. The van der Waals surface area contributed by atoms with Gasteiger partial charge in [0.05, 0.1) is 12.2 Å². The summed E-state index contributed by atoms with van der Waals surface area (Å²) < 4.78 is 5.34. The van der Waals surface area contributed by atoms with Crippen LogP contribution in [-0.4, -0.2) is 61.1 Å². The topological polar surface area (TPSA) is 85.7 Å². The zero-order valence-corrected chi connectivity index (χ0v) is 19.6. The van der Waals surface area contributed by atoms with Crippen LogP contribution in [0.4, 0.5) is 9.80 Å². The number of nitrogens with zero attached hydrogens (tertiary/aromatic N) is 3. The second-order valence-corrected chi connectivity index (χ2v) is 9.94. The molecule has 0 radical (unpaired) electrons. The highest BCUT2D eigenvalue weighted by atomic mass is 32.1. The second-order valence-electron chi connectivity index (χ2n) is 8.83. The molecule has 8 heteroatoms. The van der Waals surface area contributed by atoms with Gasteiger partial charge in [0.1, 0.15) is 11.1 Å². The van der Waals surface area contributed by atoms with Crippen molar-refractivity contribution in [1.29, 1.82) is 5.26 Å². The van der Waals surface area contributed by atoms with Crippen LogP contribution >= 0.6 is 11.3 Å². The zero-order valence-electron chi connectivity index (χ0n) is 18.7. The van der Waals surface area contributed by atoms with Gasteiger partial charge < -0.3 is 19.9 Å². The fraction of sp³-hybridized carbons (Fsp3) is 0.696. The Labute approximate surface area is 189 Å². The molecule has 170 valence electrons. The van der Waals surface area contributed by atoms with Crippen LogP contribution < -0.4 is 5.32 Å². The average molecular weight is 447 g/mol. The maximum absolute atomic E-state index is 12.6. The summed E-state index contributed by atoms with van der Waals surface area (Å²) in [5.41, 5.74) is 1.82. The normalized spacial score (nSPS) is 17.4. The van der Waals surface area contributed by atoms with E-state index in [0.29, 0.717) is 49.1 Å². The van der Waals surface area contributed by atoms with E-state index in [2.05, 4.69) is 16.3 Å². The molecule has 31 heavy (non-hydrogen) atoms. The van der Waals surface area contributed by atoms with Crippen molar-refractivity contribution in [3.63, 3.8) is 0 Å².